The Morgan fingerprint density at radius 3 is 2.33 bits per heavy atom. The van der Waals surface area contributed by atoms with Crippen LogP contribution in [0.2, 0.25) is 0 Å². The van der Waals surface area contributed by atoms with Crippen LogP contribution in [0.5, 0.6) is 0 Å². The zero-order chi connectivity index (χ0) is 21.7. The van der Waals surface area contributed by atoms with Crippen molar-refractivity contribution in [2.24, 2.45) is 0 Å². The minimum atomic E-state index is -1.08. The Hall–Kier alpha value is -3.82. The van der Waals surface area contributed by atoms with Crippen LogP contribution in [0.3, 0.4) is 0 Å². The van der Waals surface area contributed by atoms with Gasteiger partial charge in [0.15, 0.2) is 17.5 Å². The number of hydrogen-bond donors (Lipinski definition) is 3. The number of nitrogens with one attached hydrogen (secondary N) is 3. The summed E-state index contributed by atoms with van der Waals surface area (Å²) < 4.78 is 31.2. The number of amides is 3. The summed E-state index contributed by atoms with van der Waals surface area (Å²) in [5, 5.41) is 11.2. The average molecular weight is 415 g/mol. The van der Waals surface area contributed by atoms with Crippen LogP contribution in [0.15, 0.2) is 47.0 Å². The fraction of sp³-hybridized carbons (Fsp3) is 0.200. The molecule has 3 aromatic rings. The van der Waals surface area contributed by atoms with E-state index in [1.807, 2.05) is 13.8 Å². The number of carbonyl (C=O) groups excluding carboxylic acids is 2. The molecule has 30 heavy (non-hydrogen) atoms. The van der Waals surface area contributed by atoms with Gasteiger partial charge in [-0.3, -0.25) is 4.79 Å². The molecule has 0 saturated heterocycles. The van der Waals surface area contributed by atoms with Crippen LogP contribution in [-0.4, -0.2) is 28.6 Å². The predicted molar refractivity (Wildman–Crippen MR) is 106 cm³/mol. The third kappa shape index (κ3) is 5.37. The zero-order valence-corrected chi connectivity index (χ0v) is 16.2. The summed E-state index contributed by atoms with van der Waals surface area (Å²) in [6, 6.07) is 9.07. The SMILES string of the molecule is CC(C)c1noc(-c2ccc(NC(=O)NCC(=O)Nc3ccc(F)c(F)c3)cc2)n1. The zero-order valence-electron chi connectivity index (χ0n) is 16.2. The summed E-state index contributed by atoms with van der Waals surface area (Å²) in [7, 11) is 0. The second kappa shape index (κ2) is 9.12. The van der Waals surface area contributed by atoms with E-state index in [9.17, 15) is 18.4 Å². The third-order valence-electron chi connectivity index (χ3n) is 3.96. The van der Waals surface area contributed by atoms with Crippen molar-refractivity contribution in [2.45, 2.75) is 19.8 Å². The highest BCUT2D eigenvalue weighted by molar-refractivity contribution is 5.97. The number of carbonyl (C=O) groups is 2. The highest BCUT2D eigenvalue weighted by Crippen LogP contribution is 2.21. The van der Waals surface area contributed by atoms with Crippen molar-refractivity contribution in [3.8, 4) is 11.5 Å². The number of aromatic nitrogens is 2. The Balaban J connectivity index is 1.49. The first-order chi connectivity index (χ1) is 14.3. The first kappa shape index (κ1) is 20.9. The van der Waals surface area contributed by atoms with Gasteiger partial charge in [-0.25, -0.2) is 13.6 Å². The Labute approximate surface area is 170 Å². The molecule has 0 aliphatic heterocycles. The summed E-state index contributed by atoms with van der Waals surface area (Å²) >= 11 is 0. The van der Waals surface area contributed by atoms with Crippen molar-refractivity contribution < 1.29 is 22.9 Å². The maximum atomic E-state index is 13.1. The van der Waals surface area contributed by atoms with Gasteiger partial charge >= 0.3 is 6.03 Å². The molecule has 0 aliphatic rings. The molecule has 0 bridgehead atoms. The van der Waals surface area contributed by atoms with E-state index in [-0.39, 0.29) is 18.2 Å². The Kier molecular flexibility index (Phi) is 6.35. The summed E-state index contributed by atoms with van der Waals surface area (Å²) in [6.45, 7) is 3.56. The fourth-order valence-electron chi connectivity index (χ4n) is 2.40. The minimum Gasteiger partial charge on any atom is -0.334 e. The maximum absolute atomic E-state index is 13.1. The molecule has 3 amide bonds. The van der Waals surface area contributed by atoms with E-state index >= 15 is 0 Å². The highest BCUT2D eigenvalue weighted by atomic mass is 19.2. The van der Waals surface area contributed by atoms with Gasteiger partial charge in [0, 0.05) is 28.9 Å². The van der Waals surface area contributed by atoms with Gasteiger partial charge in [0.2, 0.25) is 5.91 Å². The Morgan fingerprint density at radius 2 is 1.70 bits per heavy atom. The molecule has 0 saturated carbocycles. The van der Waals surface area contributed by atoms with Crippen molar-refractivity contribution in [3.63, 3.8) is 0 Å². The summed E-state index contributed by atoms with van der Waals surface area (Å²) in [5.41, 5.74) is 1.27. The van der Waals surface area contributed by atoms with Crippen LogP contribution < -0.4 is 16.0 Å². The lowest BCUT2D eigenvalue weighted by Crippen LogP contribution is -2.35. The fourth-order valence-corrected chi connectivity index (χ4v) is 2.40. The lowest BCUT2D eigenvalue weighted by molar-refractivity contribution is -0.115. The molecule has 0 spiro atoms. The smallest absolute Gasteiger partial charge is 0.319 e. The highest BCUT2D eigenvalue weighted by Gasteiger charge is 2.12. The molecule has 0 radical (unpaired) electrons. The number of anilines is 2. The number of nitrogens with zero attached hydrogens (tertiary/aromatic N) is 2. The van der Waals surface area contributed by atoms with Crippen LogP contribution in [0, 0.1) is 11.6 Å². The number of hydrogen-bond acceptors (Lipinski definition) is 5. The first-order valence-corrected chi connectivity index (χ1v) is 9.05. The number of benzene rings is 2. The number of halogens is 2. The minimum absolute atomic E-state index is 0.0818. The van der Waals surface area contributed by atoms with Gasteiger partial charge in [-0.1, -0.05) is 19.0 Å². The standard InChI is InChI=1S/C20H19F2N5O3/c1-11(2)18-26-19(30-27-18)12-3-5-13(6-4-12)25-20(29)23-10-17(28)24-14-7-8-15(21)16(22)9-14/h3-9,11H,10H2,1-2H3,(H,24,28)(H2,23,25,29). The largest absolute Gasteiger partial charge is 0.334 e. The topological polar surface area (TPSA) is 109 Å². The van der Waals surface area contributed by atoms with Crippen molar-refractivity contribution in [2.75, 3.05) is 17.2 Å². The molecule has 0 fully saturated rings. The van der Waals surface area contributed by atoms with Crippen molar-refractivity contribution in [3.05, 3.63) is 59.9 Å². The third-order valence-corrected chi connectivity index (χ3v) is 3.96. The molecule has 2 aromatic carbocycles. The van der Waals surface area contributed by atoms with Crippen LogP contribution in [0.4, 0.5) is 25.0 Å². The van der Waals surface area contributed by atoms with Gasteiger partial charge in [0.05, 0.1) is 6.54 Å². The molecule has 0 atom stereocenters. The quantitative estimate of drug-likeness (QED) is 0.566. The molecule has 0 aliphatic carbocycles. The van der Waals surface area contributed by atoms with E-state index in [2.05, 4.69) is 26.1 Å². The molecule has 0 unspecified atom stereocenters. The first-order valence-electron chi connectivity index (χ1n) is 9.05. The molecule has 1 heterocycles. The van der Waals surface area contributed by atoms with Gasteiger partial charge < -0.3 is 20.5 Å². The molecular formula is C20H19F2N5O3. The molecule has 156 valence electrons. The predicted octanol–water partition coefficient (Wildman–Crippen LogP) is 3.90. The lowest BCUT2D eigenvalue weighted by atomic mass is 10.2. The van der Waals surface area contributed by atoms with Crippen molar-refractivity contribution >= 4 is 23.3 Å². The van der Waals surface area contributed by atoms with Gasteiger partial charge in [0.25, 0.3) is 5.89 Å². The van der Waals surface area contributed by atoms with Gasteiger partial charge in [-0.15, -0.1) is 0 Å². The summed E-state index contributed by atoms with van der Waals surface area (Å²) in [5.74, 6) is -1.56. The second-order valence-electron chi connectivity index (χ2n) is 6.67. The van der Waals surface area contributed by atoms with Crippen LogP contribution in [0.1, 0.15) is 25.6 Å². The molecule has 3 N–H and O–H groups in total. The Morgan fingerprint density at radius 1 is 1.00 bits per heavy atom. The van der Waals surface area contributed by atoms with E-state index in [1.165, 1.54) is 6.07 Å². The molecule has 10 heteroatoms. The Bertz CT molecular complexity index is 1050. The van der Waals surface area contributed by atoms with Crippen LogP contribution in [0.25, 0.3) is 11.5 Å². The van der Waals surface area contributed by atoms with E-state index in [0.29, 0.717) is 23.0 Å². The van der Waals surface area contributed by atoms with Gasteiger partial charge in [-0.05, 0) is 36.4 Å². The van der Waals surface area contributed by atoms with Gasteiger partial charge in [0.1, 0.15) is 0 Å². The van der Waals surface area contributed by atoms with E-state index < -0.39 is 23.6 Å². The average Bonchev–Trinajstić information content (AvgIpc) is 3.20. The monoisotopic (exact) mass is 415 g/mol. The normalized spacial score (nSPS) is 10.7. The molecule has 3 rings (SSSR count). The second-order valence-corrected chi connectivity index (χ2v) is 6.67. The lowest BCUT2D eigenvalue weighted by Gasteiger charge is -2.09. The van der Waals surface area contributed by atoms with Crippen molar-refractivity contribution in [1.29, 1.82) is 0 Å². The molecule has 1 aromatic heterocycles. The van der Waals surface area contributed by atoms with Crippen molar-refractivity contribution in [1.82, 2.24) is 15.5 Å². The molecular weight excluding hydrogens is 396 g/mol. The maximum Gasteiger partial charge on any atom is 0.319 e. The summed E-state index contributed by atoms with van der Waals surface area (Å²) in [6.07, 6.45) is 0. The van der Waals surface area contributed by atoms with E-state index in [4.69, 9.17) is 4.52 Å². The van der Waals surface area contributed by atoms with Crippen LogP contribution >= 0.6 is 0 Å². The van der Waals surface area contributed by atoms with E-state index in [1.54, 1.807) is 24.3 Å². The summed E-state index contributed by atoms with van der Waals surface area (Å²) in [4.78, 5) is 28.1. The number of urea groups is 1. The van der Waals surface area contributed by atoms with Crippen LogP contribution in [-0.2, 0) is 4.79 Å². The van der Waals surface area contributed by atoms with E-state index in [0.717, 1.165) is 12.1 Å². The number of rotatable bonds is 6. The molecule has 8 nitrogen and oxygen atoms in total. The van der Waals surface area contributed by atoms with Gasteiger partial charge in [-0.2, -0.15) is 4.98 Å².